The molecule has 28 heavy (non-hydrogen) atoms. The van der Waals surface area contributed by atoms with Gasteiger partial charge in [-0.25, -0.2) is 0 Å². The van der Waals surface area contributed by atoms with Gasteiger partial charge in [0.05, 0.1) is 13.2 Å². The van der Waals surface area contributed by atoms with Gasteiger partial charge in [0.25, 0.3) is 0 Å². The average molecular weight is 403 g/mol. The summed E-state index contributed by atoms with van der Waals surface area (Å²) in [5.41, 5.74) is 0. The fourth-order valence-electron chi connectivity index (χ4n) is 2.71. The Labute approximate surface area is 166 Å². The van der Waals surface area contributed by atoms with Crippen LogP contribution in [0.4, 0.5) is 0 Å². The molecule has 1 aliphatic heterocycles. The molecular formula is C19H33NO8. The van der Waals surface area contributed by atoms with Crippen LogP contribution >= 0.6 is 0 Å². The van der Waals surface area contributed by atoms with E-state index in [0.717, 1.165) is 0 Å². The van der Waals surface area contributed by atoms with Crippen molar-refractivity contribution in [2.45, 2.75) is 77.4 Å². The van der Waals surface area contributed by atoms with Gasteiger partial charge < -0.3 is 23.7 Å². The molecule has 9 heteroatoms. The zero-order chi connectivity index (χ0) is 20.9. The molecule has 1 fully saturated rings. The van der Waals surface area contributed by atoms with E-state index in [0.29, 0.717) is 26.0 Å². The quantitative estimate of drug-likeness (QED) is 0.293. The Bertz CT molecular complexity index is 498. The molecule has 0 saturated carbocycles. The SMILES string of the molecule is CCCC(=O)O[C@H]1[C@H](OC(=O)CCC)COC(NCCOC)[C@@H]1OC(=O)CC. The lowest BCUT2D eigenvalue weighted by atomic mass is 10.0. The van der Waals surface area contributed by atoms with Crippen molar-refractivity contribution in [1.29, 1.82) is 0 Å². The van der Waals surface area contributed by atoms with Crippen molar-refractivity contribution >= 4 is 17.9 Å². The van der Waals surface area contributed by atoms with E-state index in [1.807, 2.05) is 13.8 Å². The highest BCUT2D eigenvalue weighted by Crippen LogP contribution is 2.24. The molecule has 0 spiro atoms. The van der Waals surface area contributed by atoms with Crippen molar-refractivity contribution in [1.82, 2.24) is 5.32 Å². The minimum Gasteiger partial charge on any atom is -0.456 e. The number of nitrogens with one attached hydrogen (secondary N) is 1. The summed E-state index contributed by atoms with van der Waals surface area (Å²) in [7, 11) is 1.57. The number of hydrogen-bond acceptors (Lipinski definition) is 9. The summed E-state index contributed by atoms with van der Waals surface area (Å²) in [5, 5.41) is 3.08. The Kier molecular flexibility index (Phi) is 11.7. The number of esters is 3. The molecule has 1 heterocycles. The number of hydrogen-bond donors (Lipinski definition) is 1. The van der Waals surface area contributed by atoms with Gasteiger partial charge in [-0.1, -0.05) is 20.8 Å². The van der Waals surface area contributed by atoms with Crippen molar-refractivity contribution in [2.75, 3.05) is 26.9 Å². The van der Waals surface area contributed by atoms with Gasteiger partial charge in [0.1, 0.15) is 6.23 Å². The van der Waals surface area contributed by atoms with E-state index in [1.165, 1.54) is 0 Å². The molecule has 1 rings (SSSR count). The molecule has 0 amide bonds. The normalized spacial score (nSPS) is 24.4. The second-order valence-electron chi connectivity index (χ2n) is 6.49. The molecule has 1 aliphatic rings. The maximum Gasteiger partial charge on any atom is 0.306 e. The fraction of sp³-hybridized carbons (Fsp3) is 0.842. The van der Waals surface area contributed by atoms with Crippen LogP contribution < -0.4 is 5.32 Å². The molecule has 0 bridgehead atoms. The monoisotopic (exact) mass is 403 g/mol. The molecule has 0 aromatic rings. The van der Waals surface area contributed by atoms with Gasteiger partial charge in [0.2, 0.25) is 0 Å². The predicted octanol–water partition coefficient (Wildman–Crippen LogP) is 1.32. The van der Waals surface area contributed by atoms with Crippen LogP contribution in [0, 0.1) is 0 Å². The van der Waals surface area contributed by atoms with E-state index in [-0.39, 0.29) is 25.9 Å². The van der Waals surface area contributed by atoms with E-state index in [9.17, 15) is 14.4 Å². The van der Waals surface area contributed by atoms with Gasteiger partial charge in [-0.15, -0.1) is 0 Å². The van der Waals surface area contributed by atoms with Crippen LogP contribution in [-0.4, -0.2) is 69.3 Å². The molecule has 0 aromatic carbocycles. The van der Waals surface area contributed by atoms with Crippen LogP contribution in [0.5, 0.6) is 0 Å². The Morgan fingerprint density at radius 2 is 1.54 bits per heavy atom. The largest absolute Gasteiger partial charge is 0.456 e. The van der Waals surface area contributed by atoms with Crippen LogP contribution in [0.1, 0.15) is 52.9 Å². The van der Waals surface area contributed by atoms with Crippen LogP contribution in [0.25, 0.3) is 0 Å². The summed E-state index contributed by atoms with van der Waals surface area (Å²) in [6.45, 7) is 6.26. The zero-order valence-electron chi connectivity index (χ0n) is 17.2. The average Bonchev–Trinajstić information content (AvgIpc) is 2.66. The van der Waals surface area contributed by atoms with Crippen molar-refractivity contribution in [2.24, 2.45) is 0 Å². The summed E-state index contributed by atoms with van der Waals surface area (Å²) in [6.07, 6.45) is -1.63. The highest BCUT2D eigenvalue weighted by molar-refractivity contribution is 5.71. The Balaban J connectivity index is 3.02. The third kappa shape index (κ3) is 8.12. The first-order chi connectivity index (χ1) is 13.5. The lowest BCUT2D eigenvalue weighted by molar-refractivity contribution is -0.232. The van der Waals surface area contributed by atoms with E-state index in [1.54, 1.807) is 14.0 Å². The first-order valence-corrected chi connectivity index (χ1v) is 9.89. The summed E-state index contributed by atoms with van der Waals surface area (Å²) in [6, 6.07) is 0. The Hall–Kier alpha value is -1.71. The molecule has 0 aliphatic carbocycles. The van der Waals surface area contributed by atoms with E-state index >= 15 is 0 Å². The smallest absolute Gasteiger partial charge is 0.306 e. The van der Waals surface area contributed by atoms with Gasteiger partial charge >= 0.3 is 17.9 Å². The Morgan fingerprint density at radius 3 is 2.11 bits per heavy atom. The number of carbonyl (C=O) groups excluding carboxylic acids is 3. The van der Waals surface area contributed by atoms with Gasteiger partial charge in [-0.05, 0) is 12.8 Å². The highest BCUT2D eigenvalue weighted by atomic mass is 16.6. The highest BCUT2D eigenvalue weighted by Gasteiger charge is 2.47. The number of carbonyl (C=O) groups is 3. The van der Waals surface area contributed by atoms with E-state index < -0.39 is 42.4 Å². The molecule has 9 nitrogen and oxygen atoms in total. The van der Waals surface area contributed by atoms with Gasteiger partial charge in [-0.2, -0.15) is 0 Å². The first kappa shape index (κ1) is 24.3. The zero-order valence-corrected chi connectivity index (χ0v) is 17.2. The predicted molar refractivity (Wildman–Crippen MR) is 99.4 cm³/mol. The third-order valence-electron chi connectivity index (χ3n) is 4.10. The van der Waals surface area contributed by atoms with Gasteiger partial charge in [-0.3, -0.25) is 19.7 Å². The Morgan fingerprint density at radius 1 is 0.929 bits per heavy atom. The fourth-order valence-corrected chi connectivity index (χ4v) is 2.71. The van der Waals surface area contributed by atoms with Gasteiger partial charge in [0.15, 0.2) is 18.3 Å². The van der Waals surface area contributed by atoms with Crippen molar-refractivity contribution in [3.8, 4) is 0 Å². The molecular weight excluding hydrogens is 370 g/mol. The minimum absolute atomic E-state index is 0.0182. The molecule has 0 radical (unpaired) electrons. The van der Waals surface area contributed by atoms with Crippen molar-refractivity contribution in [3.63, 3.8) is 0 Å². The molecule has 4 atom stereocenters. The number of rotatable bonds is 12. The second-order valence-corrected chi connectivity index (χ2v) is 6.49. The maximum absolute atomic E-state index is 12.2. The maximum atomic E-state index is 12.2. The number of methoxy groups -OCH3 is 1. The molecule has 1 unspecified atom stereocenters. The van der Waals surface area contributed by atoms with Crippen LogP contribution in [0.3, 0.4) is 0 Å². The first-order valence-electron chi connectivity index (χ1n) is 9.89. The second kappa shape index (κ2) is 13.5. The lowest BCUT2D eigenvalue weighted by Crippen LogP contribution is -2.61. The van der Waals surface area contributed by atoms with Crippen molar-refractivity contribution in [3.05, 3.63) is 0 Å². The third-order valence-corrected chi connectivity index (χ3v) is 4.10. The lowest BCUT2D eigenvalue weighted by Gasteiger charge is -2.41. The standard InChI is InChI=1S/C19H33NO8/c1-5-8-15(22)26-13-12-25-19(20-10-11-24-4)18(27-14(21)7-3)17(13)28-16(23)9-6-2/h13,17-20H,5-12H2,1-4H3/t13-,17+,18-,19?/m1/s1. The van der Waals surface area contributed by atoms with Crippen LogP contribution in [0.2, 0.25) is 0 Å². The van der Waals surface area contributed by atoms with Crippen molar-refractivity contribution < 1.29 is 38.1 Å². The molecule has 1 N–H and O–H groups in total. The van der Waals surface area contributed by atoms with Crippen LogP contribution in [0.15, 0.2) is 0 Å². The molecule has 0 aromatic heterocycles. The van der Waals surface area contributed by atoms with E-state index in [4.69, 9.17) is 23.7 Å². The minimum atomic E-state index is -0.954. The summed E-state index contributed by atoms with van der Waals surface area (Å²) in [4.78, 5) is 36.1. The molecule has 1 saturated heterocycles. The summed E-state index contributed by atoms with van der Waals surface area (Å²) < 4.78 is 27.3. The van der Waals surface area contributed by atoms with Gasteiger partial charge in [0, 0.05) is 32.9 Å². The van der Waals surface area contributed by atoms with Crippen LogP contribution in [-0.2, 0) is 38.1 Å². The summed E-state index contributed by atoms with van der Waals surface area (Å²) in [5.74, 6) is -1.33. The number of ether oxygens (including phenoxy) is 5. The summed E-state index contributed by atoms with van der Waals surface area (Å²) >= 11 is 0. The molecule has 162 valence electrons. The van der Waals surface area contributed by atoms with E-state index in [2.05, 4.69) is 5.32 Å². The topological polar surface area (TPSA) is 109 Å².